The molecule has 2 amide bonds. The van der Waals surface area contributed by atoms with Crippen molar-refractivity contribution in [3.63, 3.8) is 0 Å². The Kier molecular flexibility index (Phi) is 6.42. The molecule has 3 aromatic rings. The molecule has 11 nitrogen and oxygen atoms in total. The molecule has 13 heteroatoms. The molecule has 158 valence electrons. The molecule has 0 atom stereocenters. The maximum atomic E-state index is 12.4. The largest absolute Gasteiger partial charge is 0.462 e. The van der Waals surface area contributed by atoms with Gasteiger partial charge in [-0.1, -0.05) is 17.8 Å². The van der Waals surface area contributed by atoms with E-state index in [1.54, 1.807) is 6.92 Å². The zero-order chi connectivity index (χ0) is 21.8. The molecule has 0 spiro atoms. The lowest BCUT2D eigenvalue weighted by Gasteiger charge is -2.05. The maximum Gasteiger partial charge on any atom is 0.342 e. The summed E-state index contributed by atoms with van der Waals surface area (Å²) in [5.41, 5.74) is 5.01. The Bertz CT molecular complexity index is 1090. The number of nitrogens with two attached hydrogens (primary N) is 2. The van der Waals surface area contributed by atoms with Crippen molar-refractivity contribution >= 4 is 46.8 Å². The Labute approximate surface area is 178 Å². The number of esters is 1. The zero-order valence-corrected chi connectivity index (χ0v) is 17.6. The molecule has 0 aliphatic heterocycles. The number of carbonyl (C=O) groups excluding carboxylic acids is 3. The van der Waals surface area contributed by atoms with E-state index in [0.717, 1.165) is 16.6 Å². The molecule has 0 aromatic carbocycles. The van der Waals surface area contributed by atoms with Crippen LogP contribution in [0.4, 0.5) is 5.88 Å². The summed E-state index contributed by atoms with van der Waals surface area (Å²) in [6.45, 7) is 3.19. The molecule has 0 unspecified atom stereocenters. The lowest BCUT2D eigenvalue weighted by Crippen LogP contribution is -2.21. The van der Waals surface area contributed by atoms with Crippen LogP contribution in [0.25, 0.3) is 10.7 Å². The van der Waals surface area contributed by atoms with Crippen molar-refractivity contribution in [2.24, 2.45) is 5.73 Å². The summed E-state index contributed by atoms with van der Waals surface area (Å²) >= 11 is 2.50. The Morgan fingerprint density at radius 2 is 2.10 bits per heavy atom. The molecular formula is C17H18N6O5S2. The van der Waals surface area contributed by atoms with Gasteiger partial charge in [0.1, 0.15) is 16.9 Å². The minimum absolute atomic E-state index is 0.104. The third-order valence-corrected chi connectivity index (χ3v) is 5.61. The van der Waals surface area contributed by atoms with Gasteiger partial charge in [0.2, 0.25) is 16.9 Å². The van der Waals surface area contributed by atoms with Crippen LogP contribution in [0.1, 0.15) is 33.4 Å². The summed E-state index contributed by atoms with van der Waals surface area (Å²) in [4.78, 5) is 37.2. The highest BCUT2D eigenvalue weighted by Crippen LogP contribution is 2.29. The fourth-order valence-corrected chi connectivity index (χ4v) is 3.92. The van der Waals surface area contributed by atoms with Crippen molar-refractivity contribution in [1.82, 2.24) is 14.9 Å². The number of thioether (sulfide) groups is 1. The van der Waals surface area contributed by atoms with E-state index in [9.17, 15) is 14.4 Å². The molecule has 0 saturated carbocycles. The first-order valence-corrected chi connectivity index (χ1v) is 10.5. The van der Waals surface area contributed by atoms with E-state index in [1.807, 2.05) is 17.5 Å². The Morgan fingerprint density at radius 3 is 2.73 bits per heavy atom. The number of nitrogens with zero attached hydrogens (tertiary/aromatic N) is 3. The molecule has 0 radical (unpaired) electrons. The fourth-order valence-electron chi connectivity index (χ4n) is 2.56. The average molecular weight is 451 g/mol. The van der Waals surface area contributed by atoms with Crippen LogP contribution in [0.2, 0.25) is 0 Å². The second kappa shape index (κ2) is 9.00. The van der Waals surface area contributed by atoms with Crippen molar-refractivity contribution < 1.29 is 23.5 Å². The molecule has 0 aliphatic rings. The van der Waals surface area contributed by atoms with Gasteiger partial charge in [0, 0.05) is 0 Å². The van der Waals surface area contributed by atoms with Crippen molar-refractivity contribution in [2.45, 2.75) is 19.0 Å². The third kappa shape index (κ3) is 4.31. The van der Waals surface area contributed by atoms with Crippen LogP contribution >= 0.6 is 23.1 Å². The Hall–Kier alpha value is -3.32. The van der Waals surface area contributed by atoms with Crippen LogP contribution in [0.15, 0.2) is 27.1 Å². The molecule has 30 heavy (non-hydrogen) atoms. The molecule has 0 bridgehead atoms. The first-order valence-electron chi connectivity index (χ1n) is 8.60. The number of primary amides is 1. The highest BCUT2D eigenvalue weighted by molar-refractivity contribution is 7.99. The van der Waals surface area contributed by atoms with Crippen molar-refractivity contribution in [1.29, 1.82) is 0 Å². The van der Waals surface area contributed by atoms with E-state index < -0.39 is 17.8 Å². The van der Waals surface area contributed by atoms with Gasteiger partial charge in [0.15, 0.2) is 5.82 Å². The number of carbonyl (C=O) groups is 3. The van der Waals surface area contributed by atoms with Gasteiger partial charge in [-0.15, -0.1) is 21.5 Å². The van der Waals surface area contributed by atoms with Crippen molar-refractivity contribution in [3.05, 3.63) is 34.4 Å². The average Bonchev–Trinajstić information content (AvgIpc) is 3.39. The fraction of sp³-hybridized carbons (Fsp3) is 0.235. The van der Waals surface area contributed by atoms with Gasteiger partial charge in [-0.25, -0.2) is 9.47 Å². The van der Waals surface area contributed by atoms with Gasteiger partial charge in [0.25, 0.3) is 5.91 Å². The van der Waals surface area contributed by atoms with Gasteiger partial charge < -0.3 is 20.7 Å². The van der Waals surface area contributed by atoms with Gasteiger partial charge in [-0.3, -0.25) is 14.9 Å². The number of ether oxygens (including phenoxy) is 1. The summed E-state index contributed by atoms with van der Waals surface area (Å²) in [7, 11) is 0. The van der Waals surface area contributed by atoms with Crippen LogP contribution in [0, 0.1) is 6.92 Å². The number of hydrogen-bond donors (Lipinski definition) is 3. The van der Waals surface area contributed by atoms with Crippen LogP contribution in [-0.2, 0) is 9.53 Å². The highest BCUT2D eigenvalue weighted by Gasteiger charge is 2.29. The molecule has 3 aromatic heterocycles. The second-order valence-electron chi connectivity index (χ2n) is 5.81. The minimum Gasteiger partial charge on any atom is -0.462 e. The van der Waals surface area contributed by atoms with E-state index in [-0.39, 0.29) is 35.1 Å². The molecule has 5 N–H and O–H groups in total. The topological polar surface area (TPSA) is 168 Å². The molecule has 3 heterocycles. The van der Waals surface area contributed by atoms with Crippen LogP contribution in [-0.4, -0.2) is 45.0 Å². The lowest BCUT2D eigenvalue weighted by molar-refractivity contribution is -0.113. The minimum atomic E-state index is -0.930. The molecular weight excluding hydrogens is 432 g/mol. The number of hydrogen-bond acceptors (Lipinski definition) is 10. The van der Waals surface area contributed by atoms with E-state index in [0.29, 0.717) is 11.0 Å². The van der Waals surface area contributed by atoms with E-state index in [1.165, 1.54) is 22.9 Å². The van der Waals surface area contributed by atoms with E-state index in [4.69, 9.17) is 20.7 Å². The summed E-state index contributed by atoms with van der Waals surface area (Å²) in [6, 6.07) is 3.71. The first kappa shape index (κ1) is 21.4. The highest BCUT2D eigenvalue weighted by atomic mass is 32.2. The molecule has 0 fully saturated rings. The summed E-state index contributed by atoms with van der Waals surface area (Å²) in [5.74, 6) is 4.04. The second-order valence-corrected chi connectivity index (χ2v) is 7.70. The summed E-state index contributed by atoms with van der Waals surface area (Å²) in [5, 5.41) is 12.7. The number of nitrogens with one attached hydrogen (secondary N) is 1. The monoisotopic (exact) mass is 450 g/mol. The van der Waals surface area contributed by atoms with Crippen LogP contribution in [0.3, 0.4) is 0 Å². The zero-order valence-electron chi connectivity index (χ0n) is 16.0. The first-order chi connectivity index (χ1) is 14.3. The van der Waals surface area contributed by atoms with Crippen LogP contribution in [0.5, 0.6) is 0 Å². The van der Waals surface area contributed by atoms with Gasteiger partial charge >= 0.3 is 5.97 Å². The quantitative estimate of drug-likeness (QED) is 0.262. The molecule has 0 saturated heterocycles. The normalized spacial score (nSPS) is 10.7. The van der Waals surface area contributed by atoms with Gasteiger partial charge in [-0.2, -0.15) is 0 Å². The predicted molar refractivity (Wildman–Crippen MR) is 111 cm³/mol. The number of amides is 2. The van der Waals surface area contributed by atoms with Crippen LogP contribution < -0.4 is 16.9 Å². The van der Waals surface area contributed by atoms with Gasteiger partial charge in [0.05, 0.1) is 17.2 Å². The summed E-state index contributed by atoms with van der Waals surface area (Å²) < 4.78 is 11.6. The number of anilines is 1. The lowest BCUT2D eigenvalue weighted by atomic mass is 10.1. The smallest absolute Gasteiger partial charge is 0.342 e. The standard InChI is InChI=1S/C17H18N6O5S2/c1-3-27-16(26)11-8(2)28-15(12(11)13(18)25)20-10(24)7-30-17-22-21-14(23(17)19)9-5-4-6-29-9/h4-6H,3,7,19H2,1-2H3,(H2,18,25)(H,20,24). The predicted octanol–water partition coefficient (Wildman–Crippen LogP) is 1.63. The maximum absolute atomic E-state index is 12.4. The van der Waals surface area contributed by atoms with Crippen molar-refractivity contribution in [3.8, 4) is 10.7 Å². The Balaban J connectivity index is 1.72. The van der Waals surface area contributed by atoms with Gasteiger partial charge in [-0.05, 0) is 25.3 Å². The number of aryl methyl sites for hydroxylation is 1. The number of rotatable bonds is 8. The number of thiophene rings is 1. The Morgan fingerprint density at radius 1 is 1.33 bits per heavy atom. The molecule has 3 rings (SSSR count). The number of aromatic nitrogens is 3. The third-order valence-electron chi connectivity index (χ3n) is 3.80. The summed E-state index contributed by atoms with van der Waals surface area (Å²) in [6.07, 6.45) is 0. The van der Waals surface area contributed by atoms with E-state index >= 15 is 0 Å². The molecule has 0 aliphatic carbocycles. The van der Waals surface area contributed by atoms with Crippen molar-refractivity contribution in [2.75, 3.05) is 23.5 Å². The SMILES string of the molecule is CCOC(=O)c1c(C)oc(NC(=O)CSc2nnc(-c3cccs3)n2N)c1C(N)=O. The van der Waals surface area contributed by atoms with E-state index in [2.05, 4.69) is 15.5 Å². The number of furan rings is 1. The number of nitrogen functional groups attached to an aromatic ring is 1.